The maximum absolute atomic E-state index is 5.86. The lowest BCUT2D eigenvalue weighted by Crippen LogP contribution is -2.22. The zero-order valence-electron chi connectivity index (χ0n) is 7.83. The molecule has 3 nitrogen and oxygen atoms in total. The van der Waals surface area contributed by atoms with Crippen LogP contribution < -0.4 is 4.74 Å². The molecule has 1 heterocycles. The van der Waals surface area contributed by atoms with Crippen LogP contribution in [0, 0.1) is 0 Å². The molecule has 1 atom stereocenters. The third-order valence-corrected chi connectivity index (χ3v) is 2.29. The van der Waals surface area contributed by atoms with Crippen LogP contribution in [0.4, 0.5) is 0 Å². The number of methoxy groups -OCH3 is 1. The molecule has 1 aromatic rings. The summed E-state index contributed by atoms with van der Waals surface area (Å²) in [6.45, 7) is 0.943. The fourth-order valence-corrected chi connectivity index (χ4v) is 1.53. The Bertz CT molecular complexity index is 327. The van der Waals surface area contributed by atoms with E-state index in [9.17, 15) is 0 Å². The third kappa shape index (κ3) is 2.00. The van der Waals surface area contributed by atoms with Gasteiger partial charge in [0.2, 0.25) is 6.29 Å². The van der Waals surface area contributed by atoms with Crippen molar-refractivity contribution >= 4 is 11.6 Å². The Labute approximate surface area is 87.5 Å². The quantitative estimate of drug-likeness (QED) is 0.718. The summed E-state index contributed by atoms with van der Waals surface area (Å²) in [6, 6.07) is 5.46. The molecule has 1 aliphatic heterocycles. The number of rotatable bonds is 1. The largest absolute Gasteiger partial charge is 0.462 e. The zero-order chi connectivity index (χ0) is 9.97. The van der Waals surface area contributed by atoms with Gasteiger partial charge in [0.1, 0.15) is 12.4 Å². The summed E-state index contributed by atoms with van der Waals surface area (Å²) < 4.78 is 16.0. The highest BCUT2D eigenvalue weighted by Crippen LogP contribution is 2.26. The van der Waals surface area contributed by atoms with Crippen molar-refractivity contribution in [1.29, 1.82) is 0 Å². The van der Waals surface area contributed by atoms with Gasteiger partial charge in [0.25, 0.3) is 0 Å². The molecule has 76 valence electrons. The van der Waals surface area contributed by atoms with Gasteiger partial charge in [0.05, 0.1) is 6.61 Å². The predicted octanol–water partition coefficient (Wildman–Crippen LogP) is 2.22. The van der Waals surface area contributed by atoms with Crippen LogP contribution in [0.5, 0.6) is 5.75 Å². The molecular formula is C10H11ClO3. The van der Waals surface area contributed by atoms with Crippen LogP contribution >= 0.6 is 11.6 Å². The SMILES string of the molecule is COC1COCc2cc(Cl)ccc2O1. The first-order chi connectivity index (χ1) is 6.79. The fourth-order valence-electron chi connectivity index (χ4n) is 1.33. The number of ether oxygens (including phenoxy) is 3. The molecule has 0 amide bonds. The average molecular weight is 215 g/mol. The van der Waals surface area contributed by atoms with Gasteiger partial charge in [0, 0.05) is 17.7 Å². The molecule has 0 saturated carbocycles. The van der Waals surface area contributed by atoms with E-state index in [-0.39, 0.29) is 6.29 Å². The van der Waals surface area contributed by atoms with E-state index in [1.54, 1.807) is 13.2 Å². The Balaban J connectivity index is 2.27. The van der Waals surface area contributed by atoms with E-state index < -0.39 is 0 Å². The molecule has 0 radical (unpaired) electrons. The summed E-state index contributed by atoms with van der Waals surface area (Å²) >= 11 is 5.86. The minimum absolute atomic E-state index is 0.336. The van der Waals surface area contributed by atoms with Crippen LogP contribution in [0.1, 0.15) is 5.56 Å². The first kappa shape index (κ1) is 9.77. The molecular weight excluding hydrogens is 204 g/mol. The summed E-state index contributed by atoms with van der Waals surface area (Å²) in [4.78, 5) is 0. The summed E-state index contributed by atoms with van der Waals surface area (Å²) in [5, 5.41) is 0.687. The van der Waals surface area contributed by atoms with Gasteiger partial charge in [0.15, 0.2) is 0 Å². The molecule has 1 aliphatic rings. The van der Waals surface area contributed by atoms with E-state index in [4.69, 9.17) is 25.8 Å². The van der Waals surface area contributed by atoms with Crippen molar-refractivity contribution in [2.75, 3.05) is 13.7 Å². The Kier molecular flexibility index (Phi) is 2.91. The van der Waals surface area contributed by atoms with Crippen molar-refractivity contribution in [2.24, 2.45) is 0 Å². The molecule has 2 rings (SSSR count). The van der Waals surface area contributed by atoms with Crippen LogP contribution in [0.25, 0.3) is 0 Å². The molecule has 14 heavy (non-hydrogen) atoms. The summed E-state index contributed by atoms with van der Waals surface area (Å²) in [5.74, 6) is 0.777. The van der Waals surface area contributed by atoms with Gasteiger partial charge in [-0.25, -0.2) is 0 Å². The lowest BCUT2D eigenvalue weighted by Gasteiger charge is -2.14. The Morgan fingerprint density at radius 3 is 3.14 bits per heavy atom. The molecule has 1 unspecified atom stereocenters. The van der Waals surface area contributed by atoms with Crippen LogP contribution in [0.2, 0.25) is 5.02 Å². The van der Waals surface area contributed by atoms with Crippen LogP contribution in [0.15, 0.2) is 18.2 Å². The lowest BCUT2D eigenvalue weighted by molar-refractivity contribution is -0.0950. The number of hydrogen-bond donors (Lipinski definition) is 0. The number of hydrogen-bond acceptors (Lipinski definition) is 3. The van der Waals surface area contributed by atoms with Crippen molar-refractivity contribution in [2.45, 2.75) is 12.9 Å². The first-order valence-corrected chi connectivity index (χ1v) is 4.73. The van der Waals surface area contributed by atoms with Crippen LogP contribution in [-0.2, 0) is 16.1 Å². The summed E-state index contributed by atoms with van der Waals surface area (Å²) in [7, 11) is 1.59. The van der Waals surface area contributed by atoms with Gasteiger partial charge in [-0.15, -0.1) is 0 Å². The second-order valence-electron chi connectivity index (χ2n) is 3.05. The number of benzene rings is 1. The second-order valence-corrected chi connectivity index (χ2v) is 3.49. The van der Waals surface area contributed by atoms with E-state index in [0.29, 0.717) is 18.2 Å². The molecule has 0 bridgehead atoms. The van der Waals surface area contributed by atoms with Crippen molar-refractivity contribution in [3.8, 4) is 5.75 Å². The monoisotopic (exact) mass is 214 g/mol. The number of halogens is 1. The average Bonchev–Trinajstić information content (AvgIpc) is 2.38. The van der Waals surface area contributed by atoms with Gasteiger partial charge in [-0.05, 0) is 18.2 Å². The lowest BCUT2D eigenvalue weighted by atomic mass is 10.2. The summed E-state index contributed by atoms with van der Waals surface area (Å²) in [5.41, 5.74) is 0.956. The fraction of sp³-hybridized carbons (Fsp3) is 0.400. The van der Waals surface area contributed by atoms with E-state index >= 15 is 0 Å². The highest BCUT2D eigenvalue weighted by molar-refractivity contribution is 6.30. The smallest absolute Gasteiger partial charge is 0.223 e. The molecule has 1 aromatic carbocycles. The Morgan fingerprint density at radius 1 is 1.50 bits per heavy atom. The molecule has 0 N–H and O–H groups in total. The number of fused-ring (bicyclic) bond motifs is 1. The van der Waals surface area contributed by atoms with Crippen LogP contribution in [-0.4, -0.2) is 20.0 Å². The molecule has 0 aromatic heterocycles. The van der Waals surface area contributed by atoms with Gasteiger partial charge >= 0.3 is 0 Å². The maximum Gasteiger partial charge on any atom is 0.223 e. The Hall–Kier alpha value is -0.770. The molecule has 0 fully saturated rings. The first-order valence-electron chi connectivity index (χ1n) is 4.35. The predicted molar refractivity (Wildman–Crippen MR) is 52.5 cm³/mol. The van der Waals surface area contributed by atoms with Crippen molar-refractivity contribution in [3.05, 3.63) is 28.8 Å². The topological polar surface area (TPSA) is 27.7 Å². The van der Waals surface area contributed by atoms with Crippen LogP contribution in [0.3, 0.4) is 0 Å². The Morgan fingerprint density at radius 2 is 2.36 bits per heavy atom. The molecule has 0 spiro atoms. The standard InChI is InChI=1S/C10H11ClO3/c1-12-10-6-13-5-7-4-8(11)2-3-9(7)14-10/h2-4,10H,5-6H2,1H3. The van der Waals surface area contributed by atoms with Crippen molar-refractivity contribution in [1.82, 2.24) is 0 Å². The normalized spacial score (nSPS) is 20.9. The van der Waals surface area contributed by atoms with E-state index in [1.807, 2.05) is 12.1 Å². The highest BCUT2D eigenvalue weighted by atomic mass is 35.5. The zero-order valence-corrected chi connectivity index (χ0v) is 8.58. The van der Waals surface area contributed by atoms with Crippen molar-refractivity contribution in [3.63, 3.8) is 0 Å². The van der Waals surface area contributed by atoms with E-state index in [1.165, 1.54) is 0 Å². The summed E-state index contributed by atoms with van der Waals surface area (Å²) in [6.07, 6.45) is -0.336. The highest BCUT2D eigenvalue weighted by Gasteiger charge is 2.17. The second kappa shape index (κ2) is 4.17. The minimum atomic E-state index is -0.336. The van der Waals surface area contributed by atoms with E-state index in [2.05, 4.69) is 0 Å². The van der Waals surface area contributed by atoms with Gasteiger partial charge < -0.3 is 14.2 Å². The minimum Gasteiger partial charge on any atom is -0.462 e. The third-order valence-electron chi connectivity index (χ3n) is 2.06. The van der Waals surface area contributed by atoms with Gasteiger partial charge in [-0.3, -0.25) is 0 Å². The van der Waals surface area contributed by atoms with Gasteiger partial charge in [-0.2, -0.15) is 0 Å². The van der Waals surface area contributed by atoms with Gasteiger partial charge in [-0.1, -0.05) is 11.6 Å². The van der Waals surface area contributed by atoms with E-state index in [0.717, 1.165) is 11.3 Å². The molecule has 0 saturated heterocycles. The molecule has 4 heteroatoms. The van der Waals surface area contributed by atoms with Crippen molar-refractivity contribution < 1.29 is 14.2 Å². The maximum atomic E-state index is 5.86. The molecule has 0 aliphatic carbocycles.